The largest absolute Gasteiger partial charge is 0.443 e. The van der Waals surface area contributed by atoms with Crippen LogP contribution < -0.4 is 0 Å². The van der Waals surface area contributed by atoms with Gasteiger partial charge in [-0.15, -0.1) is 0 Å². The monoisotopic (exact) mass is 459 g/mol. The van der Waals surface area contributed by atoms with E-state index in [1.165, 1.54) is 5.06 Å². The maximum absolute atomic E-state index is 13.8. The molecule has 1 saturated heterocycles. The van der Waals surface area contributed by atoms with Crippen molar-refractivity contribution in [2.45, 2.75) is 51.4 Å². The van der Waals surface area contributed by atoms with E-state index in [2.05, 4.69) is 0 Å². The van der Waals surface area contributed by atoms with Gasteiger partial charge in [0.25, 0.3) is 0 Å². The summed E-state index contributed by atoms with van der Waals surface area (Å²) in [7, 11) is 0. The SMILES string of the molecule is CC1(C)C[C@]23ON(C(=O)OCc4ccccc4)[C@](c4ccccc4)(C[C@]2(C)C1=O)C1=C3COC1. The van der Waals surface area contributed by atoms with Gasteiger partial charge >= 0.3 is 6.09 Å². The Labute approximate surface area is 199 Å². The Bertz CT molecular complexity index is 1210. The van der Waals surface area contributed by atoms with E-state index in [0.29, 0.717) is 26.1 Å². The summed E-state index contributed by atoms with van der Waals surface area (Å²) >= 11 is 0. The molecule has 1 spiro atoms. The number of ether oxygens (including phenoxy) is 2. The third-order valence-electron chi connectivity index (χ3n) is 8.37. The van der Waals surface area contributed by atoms with E-state index in [1.807, 2.05) is 81.4 Å². The van der Waals surface area contributed by atoms with Crippen molar-refractivity contribution in [1.29, 1.82) is 0 Å². The van der Waals surface area contributed by atoms with Crippen LogP contribution in [0.5, 0.6) is 0 Å². The molecule has 1 saturated carbocycles. The van der Waals surface area contributed by atoms with Gasteiger partial charge in [-0.3, -0.25) is 9.63 Å². The Morgan fingerprint density at radius 2 is 1.59 bits per heavy atom. The molecular weight excluding hydrogens is 430 g/mol. The minimum Gasteiger partial charge on any atom is -0.443 e. The molecule has 7 rings (SSSR count). The number of amides is 1. The van der Waals surface area contributed by atoms with Crippen molar-refractivity contribution in [3.8, 4) is 0 Å². The highest BCUT2D eigenvalue weighted by molar-refractivity contribution is 5.96. The van der Waals surface area contributed by atoms with Crippen LogP contribution in [-0.4, -0.2) is 35.8 Å². The van der Waals surface area contributed by atoms with Gasteiger partial charge in [0.05, 0.1) is 18.6 Å². The lowest BCUT2D eigenvalue weighted by Gasteiger charge is -2.62. The first-order chi connectivity index (χ1) is 16.2. The number of Topliss-reactive ketones (excluding diaryl/α,β-unsaturated/α-hetero) is 1. The summed E-state index contributed by atoms with van der Waals surface area (Å²) < 4.78 is 11.8. The molecule has 2 aromatic rings. The fourth-order valence-corrected chi connectivity index (χ4v) is 6.96. The number of carbonyl (C=O) groups excluding carboxylic acids is 2. The first kappa shape index (κ1) is 21.6. The molecule has 3 aliphatic heterocycles. The van der Waals surface area contributed by atoms with Crippen molar-refractivity contribution < 1.29 is 23.9 Å². The van der Waals surface area contributed by atoms with E-state index in [1.54, 1.807) is 0 Å². The van der Waals surface area contributed by atoms with E-state index >= 15 is 0 Å². The topological polar surface area (TPSA) is 65.1 Å². The van der Waals surface area contributed by atoms with E-state index in [9.17, 15) is 9.59 Å². The molecule has 2 fully saturated rings. The van der Waals surface area contributed by atoms with Gasteiger partial charge in [-0.1, -0.05) is 74.5 Å². The fraction of sp³-hybridized carbons (Fsp3) is 0.429. The molecule has 34 heavy (non-hydrogen) atoms. The van der Waals surface area contributed by atoms with E-state index < -0.39 is 28.1 Å². The summed E-state index contributed by atoms with van der Waals surface area (Å²) in [6.07, 6.45) is 0.393. The lowest BCUT2D eigenvalue weighted by molar-refractivity contribution is -0.326. The van der Waals surface area contributed by atoms with Gasteiger partial charge in [-0.05, 0) is 42.0 Å². The highest BCUT2D eigenvalue weighted by Gasteiger charge is 2.78. The van der Waals surface area contributed by atoms with E-state index in [0.717, 1.165) is 22.3 Å². The van der Waals surface area contributed by atoms with Crippen molar-refractivity contribution in [2.75, 3.05) is 13.2 Å². The average molecular weight is 460 g/mol. The first-order valence-corrected chi connectivity index (χ1v) is 11.9. The third-order valence-corrected chi connectivity index (χ3v) is 8.37. The molecule has 3 heterocycles. The van der Waals surface area contributed by atoms with Crippen molar-refractivity contribution in [2.24, 2.45) is 10.8 Å². The first-order valence-electron chi connectivity index (χ1n) is 11.9. The third kappa shape index (κ3) is 2.58. The molecular formula is C28H29NO5. The minimum atomic E-state index is -0.965. The number of benzene rings is 2. The zero-order valence-electron chi connectivity index (χ0n) is 19.8. The maximum Gasteiger partial charge on any atom is 0.435 e. The van der Waals surface area contributed by atoms with Crippen molar-refractivity contribution in [1.82, 2.24) is 5.06 Å². The predicted molar refractivity (Wildman–Crippen MR) is 124 cm³/mol. The summed E-state index contributed by atoms with van der Waals surface area (Å²) in [6, 6.07) is 19.4. The molecule has 2 aromatic carbocycles. The van der Waals surface area contributed by atoms with Crippen molar-refractivity contribution in [3.63, 3.8) is 0 Å². The van der Waals surface area contributed by atoms with Crippen molar-refractivity contribution in [3.05, 3.63) is 82.9 Å². The summed E-state index contributed by atoms with van der Waals surface area (Å²) in [5.41, 5.74) is 0.615. The Balaban J connectivity index is 1.50. The molecule has 0 unspecified atom stereocenters. The van der Waals surface area contributed by atoms with Crippen LogP contribution in [0, 0.1) is 10.8 Å². The van der Waals surface area contributed by atoms with Crippen LogP contribution in [-0.2, 0) is 31.3 Å². The Morgan fingerprint density at radius 1 is 0.941 bits per heavy atom. The van der Waals surface area contributed by atoms with Crippen LogP contribution in [0.15, 0.2) is 71.8 Å². The fourth-order valence-electron chi connectivity index (χ4n) is 6.96. The van der Waals surface area contributed by atoms with Crippen LogP contribution >= 0.6 is 0 Å². The quantitative estimate of drug-likeness (QED) is 0.609. The molecule has 2 aliphatic carbocycles. The smallest absolute Gasteiger partial charge is 0.435 e. The molecule has 3 atom stereocenters. The second-order valence-corrected chi connectivity index (χ2v) is 10.8. The Kier molecular flexibility index (Phi) is 4.46. The molecule has 2 bridgehead atoms. The summed E-state index contributed by atoms with van der Waals surface area (Å²) in [5.74, 6) is 0.177. The van der Waals surface area contributed by atoms with Crippen molar-refractivity contribution >= 4 is 11.9 Å². The van der Waals surface area contributed by atoms with E-state index in [-0.39, 0.29) is 12.4 Å². The maximum atomic E-state index is 13.8. The normalized spacial score (nSPS) is 33.1. The van der Waals surface area contributed by atoms with Gasteiger partial charge < -0.3 is 9.47 Å². The van der Waals surface area contributed by atoms with Gasteiger partial charge in [0.2, 0.25) is 0 Å². The number of carbonyl (C=O) groups is 2. The molecule has 5 aliphatic rings. The molecule has 0 N–H and O–H groups in total. The lowest BCUT2D eigenvalue weighted by Crippen LogP contribution is -2.71. The highest BCUT2D eigenvalue weighted by atomic mass is 16.8. The zero-order chi connectivity index (χ0) is 23.8. The summed E-state index contributed by atoms with van der Waals surface area (Å²) in [4.78, 5) is 34.3. The van der Waals surface area contributed by atoms with Gasteiger partial charge in [-0.2, -0.15) is 5.06 Å². The summed E-state index contributed by atoms with van der Waals surface area (Å²) in [5, 5.41) is 1.43. The summed E-state index contributed by atoms with van der Waals surface area (Å²) in [6.45, 7) is 6.93. The Morgan fingerprint density at radius 3 is 2.29 bits per heavy atom. The molecule has 176 valence electrons. The van der Waals surface area contributed by atoms with Crippen LogP contribution in [0.25, 0.3) is 0 Å². The second-order valence-electron chi connectivity index (χ2n) is 10.8. The number of rotatable bonds is 3. The molecule has 1 amide bonds. The van der Waals surface area contributed by atoms with Crippen LogP contribution in [0.1, 0.15) is 44.7 Å². The molecule has 6 heteroatoms. The number of hydrogen-bond acceptors (Lipinski definition) is 5. The second kappa shape index (κ2) is 7.03. The van der Waals surface area contributed by atoms with Gasteiger partial charge in [-0.25, -0.2) is 4.79 Å². The zero-order valence-corrected chi connectivity index (χ0v) is 19.8. The standard InChI is InChI=1S/C28H29NO5/c1-25(2)17-28-22-16-32-15-21(22)27(18-26(28,3)23(25)30,20-12-8-5-9-13-20)29(34-28)24(31)33-14-19-10-6-4-7-11-19/h4-13H,14-18H2,1-3H3/t26-,27+,28-/m1/s1. The number of hydroxylamine groups is 2. The molecule has 0 radical (unpaired) electrons. The van der Waals surface area contributed by atoms with Gasteiger partial charge in [0.15, 0.2) is 0 Å². The average Bonchev–Trinajstić information content (AvgIpc) is 3.41. The van der Waals surface area contributed by atoms with Crippen LogP contribution in [0.3, 0.4) is 0 Å². The number of ketones is 1. The van der Waals surface area contributed by atoms with Crippen LogP contribution in [0.4, 0.5) is 4.79 Å². The number of nitrogens with zero attached hydrogens (tertiary/aromatic N) is 1. The van der Waals surface area contributed by atoms with E-state index in [4.69, 9.17) is 14.3 Å². The number of hydrogen-bond donors (Lipinski definition) is 0. The highest BCUT2D eigenvalue weighted by Crippen LogP contribution is 2.71. The lowest BCUT2D eigenvalue weighted by atomic mass is 9.55. The Hall–Kier alpha value is -2.96. The van der Waals surface area contributed by atoms with Gasteiger partial charge in [0, 0.05) is 5.41 Å². The van der Waals surface area contributed by atoms with Gasteiger partial charge in [0.1, 0.15) is 23.5 Å². The minimum absolute atomic E-state index is 0.140. The molecule has 6 nitrogen and oxygen atoms in total. The van der Waals surface area contributed by atoms with Crippen LogP contribution in [0.2, 0.25) is 0 Å². The predicted octanol–water partition coefficient (Wildman–Crippen LogP) is 4.94. The number of fused-ring (bicyclic) bond motifs is 1. The molecule has 0 aromatic heterocycles.